The molecule has 0 bridgehead atoms. The zero-order chi connectivity index (χ0) is 16.3. The Labute approximate surface area is 133 Å². The van der Waals surface area contributed by atoms with Crippen LogP contribution in [0, 0.1) is 11.3 Å². The van der Waals surface area contributed by atoms with E-state index in [0.717, 1.165) is 5.69 Å². The molecular formula is C14H14N6O2S. The molecule has 2 N–H and O–H groups in total. The van der Waals surface area contributed by atoms with Crippen LogP contribution < -0.4 is 10.6 Å². The van der Waals surface area contributed by atoms with Gasteiger partial charge in [-0.2, -0.15) is 15.3 Å². The fourth-order valence-corrected chi connectivity index (χ4v) is 3.97. The van der Waals surface area contributed by atoms with E-state index < -0.39 is 9.84 Å². The van der Waals surface area contributed by atoms with Crippen LogP contribution in [-0.2, 0) is 9.84 Å². The predicted molar refractivity (Wildman–Crippen MR) is 84.9 cm³/mol. The van der Waals surface area contributed by atoms with Crippen LogP contribution in [0.5, 0.6) is 0 Å². The van der Waals surface area contributed by atoms with E-state index in [4.69, 9.17) is 5.26 Å². The van der Waals surface area contributed by atoms with Crippen molar-refractivity contribution in [1.29, 1.82) is 5.26 Å². The molecule has 0 aliphatic carbocycles. The Kier molecular flexibility index (Phi) is 4.08. The molecule has 23 heavy (non-hydrogen) atoms. The summed E-state index contributed by atoms with van der Waals surface area (Å²) in [6.45, 7) is 0. The van der Waals surface area contributed by atoms with E-state index in [-0.39, 0.29) is 23.5 Å². The van der Waals surface area contributed by atoms with Crippen LogP contribution in [0.1, 0.15) is 12.0 Å². The number of anilines is 3. The normalized spacial score (nSPS) is 19.0. The van der Waals surface area contributed by atoms with Crippen molar-refractivity contribution in [1.82, 2.24) is 15.2 Å². The van der Waals surface area contributed by atoms with Gasteiger partial charge in [0.2, 0.25) is 5.95 Å². The summed E-state index contributed by atoms with van der Waals surface area (Å²) in [5, 5.41) is 22.5. The van der Waals surface area contributed by atoms with Gasteiger partial charge in [0.15, 0.2) is 15.7 Å². The molecule has 1 fully saturated rings. The molecule has 1 aromatic carbocycles. The summed E-state index contributed by atoms with van der Waals surface area (Å²) in [6, 6.07) is 8.77. The highest BCUT2D eigenvalue weighted by molar-refractivity contribution is 7.91. The highest BCUT2D eigenvalue weighted by Gasteiger charge is 2.28. The second-order valence-corrected chi connectivity index (χ2v) is 7.45. The van der Waals surface area contributed by atoms with E-state index in [1.54, 1.807) is 24.3 Å². The number of benzene rings is 1. The summed E-state index contributed by atoms with van der Waals surface area (Å²) < 4.78 is 22.9. The van der Waals surface area contributed by atoms with Crippen molar-refractivity contribution in [3.8, 4) is 6.07 Å². The van der Waals surface area contributed by atoms with E-state index in [2.05, 4.69) is 25.8 Å². The van der Waals surface area contributed by atoms with Gasteiger partial charge in [-0.1, -0.05) is 0 Å². The summed E-state index contributed by atoms with van der Waals surface area (Å²) in [6.07, 6.45) is 2.01. The third kappa shape index (κ3) is 3.92. The van der Waals surface area contributed by atoms with Gasteiger partial charge < -0.3 is 10.6 Å². The molecule has 1 saturated heterocycles. The van der Waals surface area contributed by atoms with Gasteiger partial charge in [-0.05, 0) is 30.7 Å². The first-order valence-electron chi connectivity index (χ1n) is 6.98. The molecule has 8 nitrogen and oxygen atoms in total. The monoisotopic (exact) mass is 330 g/mol. The minimum atomic E-state index is -2.96. The summed E-state index contributed by atoms with van der Waals surface area (Å²) in [5.41, 5.74) is 1.33. The third-order valence-electron chi connectivity index (χ3n) is 3.41. The first-order chi connectivity index (χ1) is 11.0. The van der Waals surface area contributed by atoms with Gasteiger partial charge in [-0.25, -0.2) is 8.42 Å². The van der Waals surface area contributed by atoms with Gasteiger partial charge >= 0.3 is 0 Å². The van der Waals surface area contributed by atoms with Crippen LogP contribution in [0.3, 0.4) is 0 Å². The molecule has 2 aromatic rings. The van der Waals surface area contributed by atoms with Crippen LogP contribution in [0.15, 0.2) is 30.5 Å². The number of nitrogens with zero attached hydrogens (tertiary/aromatic N) is 4. The van der Waals surface area contributed by atoms with Crippen molar-refractivity contribution >= 4 is 27.3 Å². The van der Waals surface area contributed by atoms with Crippen LogP contribution in [-0.4, -0.2) is 41.1 Å². The largest absolute Gasteiger partial charge is 0.349 e. The number of hydrogen-bond acceptors (Lipinski definition) is 8. The molecule has 118 valence electrons. The first kappa shape index (κ1) is 15.2. The molecule has 1 aromatic heterocycles. The average Bonchev–Trinajstić information content (AvgIpc) is 2.87. The van der Waals surface area contributed by atoms with E-state index in [1.165, 1.54) is 6.20 Å². The number of aromatic nitrogens is 3. The number of hydrogen-bond donors (Lipinski definition) is 2. The standard InChI is InChI=1S/C14H14N6O2S/c15-7-10-1-3-11(4-2-10)17-13-8-16-20-14(19-13)18-12-5-6-23(21,22)9-12/h1-4,8,12H,5-6,9H2,(H2,17,18,19,20). The molecule has 0 amide bonds. The summed E-state index contributed by atoms with van der Waals surface area (Å²) >= 11 is 0. The topological polar surface area (TPSA) is 121 Å². The van der Waals surface area contributed by atoms with Gasteiger partial charge in [0.25, 0.3) is 0 Å². The van der Waals surface area contributed by atoms with Gasteiger partial charge in [0, 0.05) is 11.7 Å². The molecule has 0 saturated carbocycles. The maximum atomic E-state index is 11.5. The minimum absolute atomic E-state index is 0.0869. The molecule has 2 heterocycles. The smallest absolute Gasteiger partial charge is 0.244 e. The van der Waals surface area contributed by atoms with E-state index in [9.17, 15) is 8.42 Å². The van der Waals surface area contributed by atoms with E-state index in [1.807, 2.05) is 6.07 Å². The summed E-state index contributed by atoms with van der Waals surface area (Å²) in [5.74, 6) is 1.03. The maximum absolute atomic E-state index is 11.5. The predicted octanol–water partition coefficient (Wildman–Crippen LogP) is 1.09. The summed E-state index contributed by atoms with van der Waals surface area (Å²) in [4.78, 5) is 4.27. The zero-order valence-electron chi connectivity index (χ0n) is 12.1. The number of nitrogens with one attached hydrogen (secondary N) is 2. The molecule has 9 heteroatoms. The van der Waals surface area contributed by atoms with Crippen molar-refractivity contribution in [3.63, 3.8) is 0 Å². The second kappa shape index (κ2) is 6.18. The molecule has 1 unspecified atom stereocenters. The third-order valence-corrected chi connectivity index (χ3v) is 5.18. The lowest BCUT2D eigenvalue weighted by molar-refractivity contribution is 0.602. The van der Waals surface area contributed by atoms with Crippen molar-refractivity contribution in [2.45, 2.75) is 12.5 Å². The van der Waals surface area contributed by atoms with Crippen molar-refractivity contribution in [2.75, 3.05) is 22.1 Å². The van der Waals surface area contributed by atoms with Crippen LogP contribution in [0.2, 0.25) is 0 Å². The number of nitriles is 1. The molecule has 1 atom stereocenters. The Morgan fingerprint density at radius 3 is 2.70 bits per heavy atom. The average molecular weight is 330 g/mol. The molecule has 1 aliphatic rings. The Hall–Kier alpha value is -2.73. The van der Waals surface area contributed by atoms with E-state index in [0.29, 0.717) is 17.8 Å². The lowest BCUT2D eigenvalue weighted by Gasteiger charge is -2.11. The molecule has 0 spiro atoms. The molecule has 3 rings (SSSR count). The maximum Gasteiger partial charge on any atom is 0.244 e. The van der Waals surface area contributed by atoms with Crippen LogP contribution in [0.25, 0.3) is 0 Å². The van der Waals surface area contributed by atoms with Crippen LogP contribution in [0.4, 0.5) is 17.5 Å². The van der Waals surface area contributed by atoms with Crippen molar-refractivity contribution < 1.29 is 8.42 Å². The van der Waals surface area contributed by atoms with E-state index >= 15 is 0 Å². The second-order valence-electron chi connectivity index (χ2n) is 5.22. The Morgan fingerprint density at radius 1 is 1.26 bits per heavy atom. The fraction of sp³-hybridized carbons (Fsp3) is 0.286. The first-order valence-corrected chi connectivity index (χ1v) is 8.80. The highest BCUT2D eigenvalue weighted by atomic mass is 32.2. The molecular weight excluding hydrogens is 316 g/mol. The van der Waals surface area contributed by atoms with Gasteiger partial charge in [-0.3, -0.25) is 0 Å². The summed E-state index contributed by atoms with van der Waals surface area (Å²) in [7, 11) is -2.96. The Morgan fingerprint density at radius 2 is 2.04 bits per heavy atom. The quantitative estimate of drug-likeness (QED) is 0.854. The van der Waals surface area contributed by atoms with Crippen LogP contribution >= 0.6 is 0 Å². The zero-order valence-corrected chi connectivity index (χ0v) is 12.9. The number of rotatable bonds is 4. The van der Waals surface area contributed by atoms with Gasteiger partial charge in [-0.15, -0.1) is 5.10 Å². The lowest BCUT2D eigenvalue weighted by Crippen LogP contribution is -2.22. The lowest BCUT2D eigenvalue weighted by atomic mass is 10.2. The minimum Gasteiger partial charge on any atom is -0.349 e. The highest BCUT2D eigenvalue weighted by Crippen LogP contribution is 2.17. The molecule has 1 aliphatic heterocycles. The van der Waals surface area contributed by atoms with Crippen molar-refractivity contribution in [2.24, 2.45) is 0 Å². The Bertz CT molecular complexity index is 844. The number of sulfone groups is 1. The SMILES string of the molecule is N#Cc1ccc(Nc2cnnc(NC3CCS(=O)(=O)C3)n2)cc1. The van der Waals surface area contributed by atoms with Gasteiger partial charge in [0.1, 0.15) is 0 Å². The Balaban J connectivity index is 1.68. The van der Waals surface area contributed by atoms with Crippen molar-refractivity contribution in [3.05, 3.63) is 36.0 Å². The van der Waals surface area contributed by atoms with Gasteiger partial charge in [0.05, 0.1) is 29.3 Å². The molecule has 0 radical (unpaired) electrons. The fourth-order valence-electron chi connectivity index (χ4n) is 2.29.